The summed E-state index contributed by atoms with van der Waals surface area (Å²) in [6.07, 6.45) is 9.72. The summed E-state index contributed by atoms with van der Waals surface area (Å²) in [4.78, 5) is 57.8. The Kier molecular flexibility index (Phi) is 21.3. The quantitative estimate of drug-likeness (QED) is 0.180. The molecule has 368 valence electrons. The number of nitrogens with zero attached hydrogens (tertiary/aromatic N) is 1. The maximum absolute atomic E-state index is 14.4. The number of methoxy groups -OCH3 is 3. The molecular weight excluding hydrogens is 835 g/mol. The number of rotatable bonds is 6. The van der Waals surface area contributed by atoms with Crippen molar-refractivity contribution in [2.45, 2.75) is 186 Å². The van der Waals surface area contributed by atoms with Crippen LogP contribution in [0.3, 0.4) is 0 Å². The van der Waals surface area contributed by atoms with Crippen LogP contribution in [0.15, 0.2) is 47.6 Å². The summed E-state index contributed by atoms with van der Waals surface area (Å²) >= 11 is 0. The van der Waals surface area contributed by atoms with Gasteiger partial charge in [-0.15, -0.1) is 0 Å². The van der Waals surface area contributed by atoms with E-state index in [2.05, 4.69) is 0 Å². The van der Waals surface area contributed by atoms with Crippen LogP contribution in [0.2, 0.25) is 0 Å². The van der Waals surface area contributed by atoms with E-state index in [-0.39, 0.29) is 60.9 Å². The second-order valence-corrected chi connectivity index (χ2v) is 19.8. The van der Waals surface area contributed by atoms with Gasteiger partial charge >= 0.3 is 5.97 Å². The SMILES string of the molecule is COC1CC(C[C@@H](C)[C@@H]2CC(=O)[C@H](C)/C=C(\C)C(O)[C@@H](OC)C(=O)C(C)C[C@H](C)/C=C/C=C/C=C(\C)[C@@H](OC)C[C@@H]3CCC(C)C(O)(O3)C(O)C(=O)N3CCCCC3C(=O)O2)CC[C@H]1O. The molecule has 4 aliphatic rings. The molecule has 0 radical (unpaired) electrons. The highest BCUT2D eigenvalue weighted by atomic mass is 16.6. The molecule has 14 nitrogen and oxygen atoms in total. The van der Waals surface area contributed by atoms with Gasteiger partial charge in [0, 0.05) is 58.5 Å². The van der Waals surface area contributed by atoms with Gasteiger partial charge in [-0.2, -0.15) is 0 Å². The van der Waals surface area contributed by atoms with Gasteiger partial charge in [-0.25, -0.2) is 4.79 Å². The maximum atomic E-state index is 14.4. The summed E-state index contributed by atoms with van der Waals surface area (Å²) in [6.45, 7) is 12.9. The molecule has 3 heterocycles. The molecule has 0 spiro atoms. The summed E-state index contributed by atoms with van der Waals surface area (Å²) in [6, 6.07) is -1.08. The number of piperidine rings is 1. The van der Waals surface area contributed by atoms with Crippen LogP contribution in [0.25, 0.3) is 0 Å². The number of allylic oxidation sites excluding steroid dienone is 6. The molecule has 0 aromatic rings. The molecule has 0 aromatic heterocycles. The van der Waals surface area contributed by atoms with Crippen LogP contribution in [-0.2, 0) is 42.9 Å². The van der Waals surface area contributed by atoms with Gasteiger partial charge in [0.1, 0.15) is 30.1 Å². The molecule has 65 heavy (non-hydrogen) atoms. The lowest BCUT2D eigenvalue weighted by atomic mass is 9.78. The van der Waals surface area contributed by atoms with E-state index in [1.54, 1.807) is 41.1 Å². The number of esters is 1. The van der Waals surface area contributed by atoms with Gasteiger partial charge in [0.05, 0.1) is 24.4 Å². The van der Waals surface area contributed by atoms with E-state index >= 15 is 0 Å². The van der Waals surface area contributed by atoms with Crippen LogP contribution in [-0.4, -0.2) is 137 Å². The van der Waals surface area contributed by atoms with Gasteiger partial charge in [0.2, 0.25) is 5.79 Å². The molecule has 3 aliphatic heterocycles. The van der Waals surface area contributed by atoms with Gasteiger partial charge in [-0.05, 0) is 107 Å². The summed E-state index contributed by atoms with van der Waals surface area (Å²) in [7, 11) is 4.55. The second-order valence-electron chi connectivity index (χ2n) is 19.8. The summed E-state index contributed by atoms with van der Waals surface area (Å²) in [5.74, 6) is -6.22. The zero-order valence-electron chi connectivity index (χ0n) is 40.7. The first kappa shape index (κ1) is 54.5. The lowest BCUT2D eigenvalue weighted by Gasteiger charge is -2.46. The fourth-order valence-electron chi connectivity index (χ4n) is 10.3. The summed E-state index contributed by atoms with van der Waals surface area (Å²) in [5, 5.41) is 45.7. The summed E-state index contributed by atoms with van der Waals surface area (Å²) < 4.78 is 29.5. The van der Waals surface area contributed by atoms with Crippen molar-refractivity contribution in [2.75, 3.05) is 27.9 Å². The van der Waals surface area contributed by atoms with Crippen molar-refractivity contribution in [3.63, 3.8) is 0 Å². The number of hydrogen-bond donors (Lipinski definition) is 4. The first-order chi connectivity index (χ1) is 30.7. The van der Waals surface area contributed by atoms with Crippen molar-refractivity contribution in [1.29, 1.82) is 0 Å². The molecular formula is C51H81NO13. The van der Waals surface area contributed by atoms with E-state index in [0.717, 1.165) is 12.0 Å². The first-order valence-electron chi connectivity index (χ1n) is 24.1. The van der Waals surface area contributed by atoms with Crippen molar-refractivity contribution < 1.29 is 63.3 Å². The average molecular weight is 916 g/mol. The minimum absolute atomic E-state index is 0.0264. The minimum atomic E-state index is -2.23. The zero-order valence-corrected chi connectivity index (χ0v) is 40.7. The monoisotopic (exact) mass is 916 g/mol. The van der Waals surface area contributed by atoms with Crippen molar-refractivity contribution >= 4 is 23.4 Å². The minimum Gasteiger partial charge on any atom is -0.460 e. The molecule has 4 N–H and O–H groups in total. The topological polar surface area (TPSA) is 199 Å². The Hall–Kier alpha value is -3.08. The summed E-state index contributed by atoms with van der Waals surface area (Å²) in [5.41, 5.74) is 1.30. The normalized spacial score (nSPS) is 41.5. The van der Waals surface area contributed by atoms with Crippen molar-refractivity contribution in [3.8, 4) is 0 Å². The van der Waals surface area contributed by atoms with Crippen LogP contribution >= 0.6 is 0 Å². The van der Waals surface area contributed by atoms with E-state index in [4.69, 9.17) is 23.7 Å². The Labute approximate surface area is 387 Å². The maximum Gasteiger partial charge on any atom is 0.329 e. The van der Waals surface area contributed by atoms with Gasteiger partial charge in [-0.1, -0.05) is 71.1 Å². The van der Waals surface area contributed by atoms with Crippen molar-refractivity contribution in [2.24, 2.45) is 35.5 Å². The first-order valence-corrected chi connectivity index (χ1v) is 24.1. The molecule has 2 saturated heterocycles. The highest BCUT2D eigenvalue weighted by Gasteiger charge is 2.53. The number of ketones is 2. The number of fused-ring (bicyclic) bond motifs is 3. The number of cyclic esters (lactones) is 1. The van der Waals surface area contributed by atoms with E-state index in [0.29, 0.717) is 63.4 Å². The van der Waals surface area contributed by atoms with Crippen molar-refractivity contribution in [1.82, 2.24) is 4.90 Å². The van der Waals surface area contributed by atoms with Crippen LogP contribution in [0.4, 0.5) is 0 Å². The standard InChI is InChI=1S/C51H81NO13/c1-30-16-12-11-13-17-31(2)42(61-8)28-38-21-19-36(7)51(60,65-38)48(57)49(58)52-23-15-14-18-39(52)50(59)64-43(33(4)26-37-20-22-40(53)44(27-37)62-9)29-41(54)32(3)25-35(6)46(56)47(63-10)45(55)34(5)24-30/h11-13,16-17,25,30,32-34,36-40,42-44,46-48,53,56-57,60H,14-15,18-24,26-29H2,1-10H3/b13-11+,16-12+,31-17+,35-25+/t30-,32-,33-,34?,36?,37?,38+,39?,40-,42+,43+,44?,46?,47+,48?,51?/m1/s1. The largest absolute Gasteiger partial charge is 0.460 e. The lowest BCUT2D eigenvalue weighted by Crippen LogP contribution is -2.63. The molecule has 16 atom stereocenters. The number of aliphatic hydroxyl groups excluding tert-OH is 3. The van der Waals surface area contributed by atoms with Gasteiger partial charge in [-0.3, -0.25) is 14.4 Å². The van der Waals surface area contributed by atoms with Gasteiger partial charge in [0.25, 0.3) is 5.91 Å². The molecule has 0 aromatic carbocycles. The molecule has 2 bridgehead atoms. The number of amides is 1. The van der Waals surface area contributed by atoms with Crippen LogP contribution in [0, 0.1) is 35.5 Å². The lowest BCUT2D eigenvalue weighted by molar-refractivity contribution is -0.317. The molecule has 8 unspecified atom stereocenters. The van der Waals surface area contributed by atoms with Crippen molar-refractivity contribution in [3.05, 3.63) is 47.6 Å². The van der Waals surface area contributed by atoms with E-state index < -0.39 is 78.1 Å². The molecule has 3 fully saturated rings. The smallest absolute Gasteiger partial charge is 0.329 e. The number of hydrogen-bond acceptors (Lipinski definition) is 13. The van der Waals surface area contributed by atoms with E-state index in [1.807, 2.05) is 58.1 Å². The van der Waals surface area contributed by atoms with E-state index in [9.17, 15) is 39.6 Å². The predicted molar refractivity (Wildman–Crippen MR) is 246 cm³/mol. The molecule has 1 amide bonds. The fourth-order valence-corrected chi connectivity index (χ4v) is 10.3. The second kappa shape index (κ2) is 25.3. The zero-order chi connectivity index (χ0) is 48.2. The highest BCUT2D eigenvalue weighted by Crippen LogP contribution is 2.39. The van der Waals surface area contributed by atoms with Crippen LogP contribution in [0.5, 0.6) is 0 Å². The molecule has 14 heteroatoms. The Balaban J connectivity index is 1.70. The number of aliphatic hydroxyl groups is 4. The molecule has 1 saturated carbocycles. The van der Waals surface area contributed by atoms with Crippen LogP contribution in [0.1, 0.15) is 126 Å². The number of carbonyl (C=O) groups is 4. The van der Waals surface area contributed by atoms with Gasteiger partial charge < -0.3 is 49.0 Å². The average Bonchev–Trinajstić information content (AvgIpc) is 3.28. The molecule has 1 aliphatic carbocycles. The Bertz CT molecular complexity index is 1710. The number of ether oxygens (including phenoxy) is 5. The van der Waals surface area contributed by atoms with Gasteiger partial charge in [0.15, 0.2) is 11.9 Å². The number of Topliss-reactive ketones (excluding diaryl/α,β-unsaturated/α-hetero) is 2. The highest BCUT2D eigenvalue weighted by molar-refractivity contribution is 5.89. The Morgan fingerprint density at radius 1 is 0.846 bits per heavy atom. The Morgan fingerprint density at radius 2 is 1.57 bits per heavy atom. The Morgan fingerprint density at radius 3 is 2.25 bits per heavy atom. The fraction of sp³-hybridized carbons (Fsp3) is 0.765. The molecule has 4 rings (SSSR count). The van der Waals surface area contributed by atoms with E-state index in [1.165, 1.54) is 12.0 Å². The third-order valence-corrected chi connectivity index (χ3v) is 14.7. The number of carbonyl (C=O) groups excluding carboxylic acids is 4. The third kappa shape index (κ3) is 14.5. The third-order valence-electron chi connectivity index (χ3n) is 14.7. The predicted octanol–water partition coefficient (Wildman–Crippen LogP) is 5.97. The van der Waals surface area contributed by atoms with Crippen LogP contribution < -0.4 is 0 Å².